The molecule has 1 heterocycles. The number of esters is 1. The summed E-state index contributed by atoms with van der Waals surface area (Å²) in [5.74, 6) is -1.65. The second-order valence-corrected chi connectivity index (χ2v) is 6.76. The van der Waals surface area contributed by atoms with Gasteiger partial charge in [0.05, 0.1) is 11.4 Å². The molecule has 7 nitrogen and oxygen atoms in total. The average molecular weight is 417 g/mol. The molecule has 0 saturated heterocycles. The lowest BCUT2D eigenvalue weighted by molar-refractivity contribution is -0.133. The Morgan fingerprint density at radius 1 is 1.17 bits per heavy atom. The first kappa shape index (κ1) is 20.5. The highest BCUT2D eigenvalue weighted by atomic mass is 35.5. The van der Waals surface area contributed by atoms with Crippen LogP contribution < -0.4 is 0 Å². The topological polar surface area (TPSA) is 77.3 Å². The lowest BCUT2D eigenvalue weighted by Gasteiger charge is -2.17. The summed E-state index contributed by atoms with van der Waals surface area (Å²) >= 11 is 5.96. The standard InChI is InChI=1S/C20H18ClFN4O3/c1-13-19(24-26(23-13)16-8-5-7-15(21)10-16)20(28)29-12-18(27)25(2)11-14-6-3-4-9-17(14)22/h3-10H,11-12H2,1-2H3. The molecule has 3 aromatic rings. The molecule has 0 bridgehead atoms. The molecule has 0 radical (unpaired) electrons. The van der Waals surface area contributed by atoms with E-state index in [0.717, 1.165) is 0 Å². The van der Waals surface area contributed by atoms with E-state index in [4.69, 9.17) is 16.3 Å². The maximum absolute atomic E-state index is 13.7. The van der Waals surface area contributed by atoms with Crippen molar-refractivity contribution in [1.29, 1.82) is 0 Å². The van der Waals surface area contributed by atoms with E-state index in [1.165, 1.54) is 22.8 Å². The van der Waals surface area contributed by atoms with Crippen LogP contribution in [-0.4, -0.2) is 45.4 Å². The van der Waals surface area contributed by atoms with Gasteiger partial charge in [-0.05, 0) is 31.2 Å². The minimum Gasteiger partial charge on any atom is -0.451 e. The van der Waals surface area contributed by atoms with Crippen LogP contribution >= 0.6 is 11.6 Å². The van der Waals surface area contributed by atoms with Crippen LogP contribution in [0.5, 0.6) is 0 Å². The fourth-order valence-corrected chi connectivity index (χ4v) is 2.74. The lowest BCUT2D eigenvalue weighted by atomic mass is 10.2. The van der Waals surface area contributed by atoms with Gasteiger partial charge in [-0.25, -0.2) is 9.18 Å². The number of rotatable bonds is 6. The molecule has 0 atom stereocenters. The quantitative estimate of drug-likeness (QED) is 0.577. The number of carbonyl (C=O) groups is 2. The zero-order valence-corrected chi connectivity index (χ0v) is 16.6. The van der Waals surface area contributed by atoms with Gasteiger partial charge in [-0.1, -0.05) is 35.9 Å². The summed E-state index contributed by atoms with van der Waals surface area (Å²) in [6.07, 6.45) is 0. The van der Waals surface area contributed by atoms with E-state index in [2.05, 4.69) is 10.2 Å². The Balaban J connectivity index is 1.62. The molecule has 1 amide bonds. The summed E-state index contributed by atoms with van der Waals surface area (Å²) in [5.41, 5.74) is 1.30. The molecule has 2 aromatic carbocycles. The molecule has 3 rings (SSSR count). The number of nitrogens with zero attached hydrogens (tertiary/aromatic N) is 4. The van der Waals surface area contributed by atoms with E-state index in [9.17, 15) is 14.0 Å². The summed E-state index contributed by atoms with van der Waals surface area (Å²) in [6, 6.07) is 13.0. The van der Waals surface area contributed by atoms with Crippen molar-refractivity contribution in [3.8, 4) is 5.69 Å². The summed E-state index contributed by atoms with van der Waals surface area (Å²) in [5, 5.41) is 8.81. The molecule has 0 aliphatic rings. The van der Waals surface area contributed by atoms with Gasteiger partial charge >= 0.3 is 5.97 Å². The van der Waals surface area contributed by atoms with Crippen LogP contribution in [0.3, 0.4) is 0 Å². The summed E-state index contributed by atoms with van der Waals surface area (Å²) in [7, 11) is 1.50. The molecule has 0 spiro atoms. The number of halogens is 2. The minimum atomic E-state index is -0.775. The molecule has 29 heavy (non-hydrogen) atoms. The third kappa shape index (κ3) is 4.97. The number of aryl methyl sites for hydroxylation is 1. The van der Waals surface area contributed by atoms with Gasteiger partial charge in [0.1, 0.15) is 5.82 Å². The Morgan fingerprint density at radius 3 is 2.66 bits per heavy atom. The van der Waals surface area contributed by atoms with E-state index in [1.807, 2.05) is 0 Å². The van der Waals surface area contributed by atoms with Crippen LogP contribution in [0.25, 0.3) is 5.69 Å². The Labute approximate surface area is 171 Å². The molecule has 0 N–H and O–H groups in total. The smallest absolute Gasteiger partial charge is 0.361 e. The number of amides is 1. The molecule has 150 valence electrons. The van der Waals surface area contributed by atoms with Crippen molar-refractivity contribution in [3.63, 3.8) is 0 Å². The van der Waals surface area contributed by atoms with Gasteiger partial charge in [-0.3, -0.25) is 4.79 Å². The van der Waals surface area contributed by atoms with E-state index in [1.54, 1.807) is 49.4 Å². The van der Waals surface area contributed by atoms with Crippen LogP contribution in [-0.2, 0) is 16.1 Å². The predicted molar refractivity (Wildman–Crippen MR) is 104 cm³/mol. The molecular formula is C20H18ClFN4O3. The zero-order chi connectivity index (χ0) is 21.0. The SMILES string of the molecule is Cc1nn(-c2cccc(Cl)c2)nc1C(=O)OCC(=O)N(C)Cc1ccccc1F. The number of ether oxygens (including phenoxy) is 1. The minimum absolute atomic E-state index is 0.00506. The first-order chi connectivity index (χ1) is 13.8. The number of aromatic nitrogens is 3. The van der Waals surface area contributed by atoms with Crippen LogP contribution in [0, 0.1) is 12.7 Å². The molecule has 9 heteroatoms. The van der Waals surface area contributed by atoms with Crippen LogP contribution in [0.1, 0.15) is 21.7 Å². The van der Waals surface area contributed by atoms with Crippen molar-refractivity contribution in [2.45, 2.75) is 13.5 Å². The van der Waals surface area contributed by atoms with Gasteiger partial charge in [0.2, 0.25) is 0 Å². The molecule has 1 aromatic heterocycles. The van der Waals surface area contributed by atoms with Crippen LogP contribution in [0.4, 0.5) is 4.39 Å². The zero-order valence-electron chi connectivity index (χ0n) is 15.8. The highest BCUT2D eigenvalue weighted by Gasteiger charge is 2.20. The third-order valence-electron chi connectivity index (χ3n) is 4.13. The number of carbonyl (C=O) groups excluding carboxylic acids is 2. The molecule has 0 fully saturated rings. The van der Waals surface area contributed by atoms with Crippen molar-refractivity contribution >= 4 is 23.5 Å². The first-order valence-electron chi connectivity index (χ1n) is 8.69. The van der Waals surface area contributed by atoms with Crippen molar-refractivity contribution < 1.29 is 18.7 Å². The number of hydrogen-bond donors (Lipinski definition) is 0. The van der Waals surface area contributed by atoms with Crippen LogP contribution in [0.15, 0.2) is 48.5 Å². The molecule has 0 aliphatic heterocycles. The molecule has 0 unspecified atom stereocenters. The van der Waals surface area contributed by atoms with Gasteiger partial charge in [0, 0.05) is 24.2 Å². The maximum atomic E-state index is 13.7. The number of likely N-dealkylation sites (N-methyl/N-ethyl adjacent to an activating group) is 1. The van der Waals surface area contributed by atoms with E-state index < -0.39 is 24.3 Å². The Kier molecular flexibility index (Phi) is 6.23. The van der Waals surface area contributed by atoms with E-state index in [-0.39, 0.29) is 12.2 Å². The van der Waals surface area contributed by atoms with Gasteiger partial charge in [0.15, 0.2) is 12.3 Å². The summed E-state index contributed by atoms with van der Waals surface area (Å²) in [4.78, 5) is 27.1. The molecule has 0 aliphatic carbocycles. The Bertz CT molecular complexity index is 1050. The third-order valence-corrected chi connectivity index (χ3v) is 4.37. The lowest BCUT2D eigenvalue weighted by Crippen LogP contribution is -2.31. The molecule has 0 saturated carbocycles. The first-order valence-corrected chi connectivity index (χ1v) is 9.07. The van der Waals surface area contributed by atoms with E-state index >= 15 is 0 Å². The van der Waals surface area contributed by atoms with Crippen molar-refractivity contribution in [2.24, 2.45) is 0 Å². The van der Waals surface area contributed by atoms with Crippen molar-refractivity contribution in [1.82, 2.24) is 19.9 Å². The number of hydrogen-bond acceptors (Lipinski definition) is 5. The Morgan fingerprint density at radius 2 is 1.93 bits per heavy atom. The van der Waals surface area contributed by atoms with E-state index in [0.29, 0.717) is 22.0 Å². The predicted octanol–water partition coefficient (Wildman–Crippen LogP) is 3.18. The van der Waals surface area contributed by atoms with Crippen LogP contribution in [0.2, 0.25) is 5.02 Å². The molecular weight excluding hydrogens is 399 g/mol. The van der Waals surface area contributed by atoms with Gasteiger partial charge in [-0.2, -0.15) is 9.90 Å². The van der Waals surface area contributed by atoms with Gasteiger partial charge < -0.3 is 9.64 Å². The average Bonchev–Trinajstić information content (AvgIpc) is 3.09. The summed E-state index contributed by atoms with van der Waals surface area (Å²) in [6.45, 7) is 1.18. The monoisotopic (exact) mass is 416 g/mol. The fraction of sp³-hybridized carbons (Fsp3) is 0.200. The number of benzene rings is 2. The highest BCUT2D eigenvalue weighted by molar-refractivity contribution is 6.30. The maximum Gasteiger partial charge on any atom is 0.361 e. The second-order valence-electron chi connectivity index (χ2n) is 6.32. The normalized spacial score (nSPS) is 10.6. The highest BCUT2D eigenvalue weighted by Crippen LogP contribution is 2.15. The van der Waals surface area contributed by atoms with Gasteiger partial charge in [-0.15, -0.1) is 5.10 Å². The largest absolute Gasteiger partial charge is 0.451 e. The fourth-order valence-electron chi connectivity index (χ4n) is 2.56. The van der Waals surface area contributed by atoms with Crippen molar-refractivity contribution in [3.05, 3.63) is 76.3 Å². The second kappa shape index (κ2) is 8.83. The Hall–Kier alpha value is -3.26. The van der Waals surface area contributed by atoms with Gasteiger partial charge in [0.25, 0.3) is 5.91 Å². The summed E-state index contributed by atoms with van der Waals surface area (Å²) < 4.78 is 18.8. The van der Waals surface area contributed by atoms with Crippen molar-refractivity contribution in [2.75, 3.05) is 13.7 Å².